The summed E-state index contributed by atoms with van der Waals surface area (Å²) in [6, 6.07) is 5.26. The van der Waals surface area contributed by atoms with Crippen molar-refractivity contribution in [1.29, 1.82) is 0 Å². The van der Waals surface area contributed by atoms with Crippen molar-refractivity contribution in [1.82, 2.24) is 19.8 Å². The first-order valence-corrected chi connectivity index (χ1v) is 8.21. The van der Waals surface area contributed by atoms with Gasteiger partial charge in [0, 0.05) is 18.1 Å². The average molecular weight is 355 g/mol. The Bertz CT molecular complexity index is 951. The number of carbonyl (C=O) groups excluding carboxylic acids is 1. The van der Waals surface area contributed by atoms with Gasteiger partial charge >= 0.3 is 0 Å². The van der Waals surface area contributed by atoms with E-state index < -0.39 is 0 Å². The van der Waals surface area contributed by atoms with Crippen molar-refractivity contribution in [3.63, 3.8) is 0 Å². The number of amides is 1. The number of aromatic nitrogens is 4. The molecule has 3 rings (SSSR count). The van der Waals surface area contributed by atoms with Crippen molar-refractivity contribution >= 4 is 17.2 Å². The number of aryl methyl sites for hydroxylation is 2. The normalized spacial score (nSPS) is 10.8. The smallest absolute Gasteiger partial charge is 0.224 e. The molecule has 0 aliphatic carbocycles. The molecule has 1 N–H and O–H groups in total. The summed E-state index contributed by atoms with van der Waals surface area (Å²) < 4.78 is 12.1. The van der Waals surface area contributed by atoms with Crippen LogP contribution in [0.1, 0.15) is 23.2 Å². The van der Waals surface area contributed by atoms with E-state index in [1.165, 1.54) is 0 Å². The number of hydrogen-bond donors (Lipinski definition) is 1. The number of nitrogens with one attached hydrogen (secondary N) is 1. The van der Waals surface area contributed by atoms with Gasteiger partial charge in [-0.25, -0.2) is 4.52 Å². The minimum Gasteiger partial charge on any atom is -0.497 e. The zero-order valence-electron chi connectivity index (χ0n) is 15.2. The molecule has 2 heterocycles. The summed E-state index contributed by atoms with van der Waals surface area (Å²) in [6.07, 6.45) is 2.46. The minimum atomic E-state index is -0.103. The van der Waals surface area contributed by atoms with Crippen LogP contribution in [0.25, 0.3) is 5.65 Å². The highest BCUT2D eigenvalue weighted by atomic mass is 16.5. The molecule has 8 nitrogen and oxygen atoms in total. The first-order chi connectivity index (χ1) is 12.5. The Labute approximate surface area is 151 Å². The van der Waals surface area contributed by atoms with Crippen LogP contribution < -0.4 is 14.8 Å². The van der Waals surface area contributed by atoms with Crippen LogP contribution in [0.2, 0.25) is 0 Å². The Morgan fingerprint density at radius 2 is 2.04 bits per heavy atom. The number of nitrogens with zero attached hydrogens (tertiary/aromatic N) is 4. The maximum Gasteiger partial charge on any atom is 0.224 e. The van der Waals surface area contributed by atoms with Gasteiger partial charge in [0.25, 0.3) is 0 Å². The van der Waals surface area contributed by atoms with Gasteiger partial charge in [-0.1, -0.05) is 0 Å². The molecular weight excluding hydrogens is 334 g/mol. The van der Waals surface area contributed by atoms with Crippen molar-refractivity contribution in [2.24, 2.45) is 0 Å². The molecule has 0 unspecified atom stereocenters. The molecule has 0 saturated carbocycles. The number of ether oxygens (including phenoxy) is 2. The molecule has 0 fully saturated rings. The van der Waals surface area contributed by atoms with Gasteiger partial charge in [0.15, 0.2) is 5.65 Å². The van der Waals surface area contributed by atoms with Gasteiger partial charge in [-0.15, -0.1) is 10.2 Å². The molecule has 0 spiro atoms. The van der Waals surface area contributed by atoms with Crippen molar-refractivity contribution in [3.05, 3.63) is 41.3 Å². The van der Waals surface area contributed by atoms with E-state index in [1.807, 2.05) is 13.8 Å². The van der Waals surface area contributed by atoms with E-state index >= 15 is 0 Å². The van der Waals surface area contributed by atoms with Gasteiger partial charge in [0.2, 0.25) is 5.91 Å². The maximum atomic E-state index is 12.4. The number of methoxy groups -OCH3 is 2. The lowest BCUT2D eigenvalue weighted by Gasteiger charge is -2.13. The van der Waals surface area contributed by atoms with E-state index in [4.69, 9.17) is 9.47 Å². The van der Waals surface area contributed by atoms with Crippen LogP contribution in [0.5, 0.6) is 11.5 Å². The summed E-state index contributed by atoms with van der Waals surface area (Å²) in [7, 11) is 3.13. The Morgan fingerprint density at radius 3 is 2.77 bits per heavy atom. The summed E-state index contributed by atoms with van der Waals surface area (Å²) in [5, 5.41) is 15.3. The highest BCUT2D eigenvalue weighted by molar-refractivity contribution is 5.92. The number of carbonyl (C=O) groups is 1. The zero-order valence-corrected chi connectivity index (χ0v) is 15.2. The van der Waals surface area contributed by atoms with Crippen LogP contribution in [0, 0.1) is 13.8 Å². The molecule has 136 valence electrons. The van der Waals surface area contributed by atoms with E-state index in [2.05, 4.69) is 20.6 Å². The van der Waals surface area contributed by atoms with Crippen molar-refractivity contribution in [2.75, 3.05) is 19.5 Å². The Kier molecular flexibility index (Phi) is 5.01. The largest absolute Gasteiger partial charge is 0.497 e. The molecule has 1 aromatic carbocycles. The van der Waals surface area contributed by atoms with Gasteiger partial charge in [-0.05, 0) is 38.0 Å². The van der Waals surface area contributed by atoms with Crippen molar-refractivity contribution in [3.8, 4) is 11.5 Å². The van der Waals surface area contributed by atoms with E-state index in [0.717, 1.165) is 16.8 Å². The monoisotopic (exact) mass is 355 g/mol. The molecule has 26 heavy (non-hydrogen) atoms. The Hall–Kier alpha value is -3.16. The molecule has 0 aliphatic heterocycles. The summed E-state index contributed by atoms with van der Waals surface area (Å²) >= 11 is 0. The molecule has 2 aromatic heterocycles. The Morgan fingerprint density at radius 1 is 1.23 bits per heavy atom. The number of anilines is 1. The fraction of sp³-hybridized carbons (Fsp3) is 0.333. The SMILES string of the molecule is COc1ccc(NC(=O)CCc2c(C)nn3cnnc3c2C)c(OC)c1. The maximum absolute atomic E-state index is 12.4. The van der Waals surface area contributed by atoms with Gasteiger partial charge in [0.05, 0.1) is 25.6 Å². The van der Waals surface area contributed by atoms with Gasteiger partial charge < -0.3 is 14.8 Å². The third kappa shape index (κ3) is 3.44. The second kappa shape index (κ2) is 7.38. The average Bonchev–Trinajstić information content (AvgIpc) is 3.10. The first kappa shape index (κ1) is 17.7. The fourth-order valence-corrected chi connectivity index (χ4v) is 2.90. The van der Waals surface area contributed by atoms with Gasteiger partial charge in [-0.3, -0.25) is 4.79 Å². The van der Waals surface area contributed by atoms with E-state index in [1.54, 1.807) is 43.3 Å². The summed E-state index contributed by atoms with van der Waals surface area (Å²) in [6.45, 7) is 3.89. The lowest BCUT2D eigenvalue weighted by atomic mass is 10.0. The third-order valence-corrected chi connectivity index (χ3v) is 4.30. The third-order valence-electron chi connectivity index (χ3n) is 4.30. The second-order valence-electron chi connectivity index (χ2n) is 5.90. The lowest BCUT2D eigenvalue weighted by molar-refractivity contribution is -0.116. The molecular formula is C18H21N5O3. The highest BCUT2D eigenvalue weighted by Crippen LogP contribution is 2.29. The molecule has 8 heteroatoms. The number of rotatable bonds is 6. The van der Waals surface area contributed by atoms with Gasteiger partial charge in [-0.2, -0.15) is 5.10 Å². The predicted octanol–water partition coefficient (Wildman–Crippen LogP) is 2.33. The first-order valence-electron chi connectivity index (χ1n) is 8.21. The molecule has 1 amide bonds. The van der Waals surface area contributed by atoms with E-state index in [0.29, 0.717) is 35.7 Å². The van der Waals surface area contributed by atoms with Crippen LogP contribution in [-0.4, -0.2) is 39.9 Å². The van der Waals surface area contributed by atoms with E-state index in [9.17, 15) is 4.79 Å². The number of fused-ring (bicyclic) bond motifs is 1. The zero-order chi connectivity index (χ0) is 18.7. The van der Waals surface area contributed by atoms with Crippen LogP contribution in [-0.2, 0) is 11.2 Å². The molecule has 0 bridgehead atoms. The van der Waals surface area contributed by atoms with Crippen molar-refractivity contribution in [2.45, 2.75) is 26.7 Å². The van der Waals surface area contributed by atoms with Crippen LogP contribution in [0.3, 0.4) is 0 Å². The number of hydrogen-bond acceptors (Lipinski definition) is 6. The van der Waals surface area contributed by atoms with Crippen molar-refractivity contribution < 1.29 is 14.3 Å². The predicted molar refractivity (Wildman–Crippen MR) is 96.8 cm³/mol. The second-order valence-corrected chi connectivity index (χ2v) is 5.90. The molecule has 0 radical (unpaired) electrons. The standard InChI is InChI=1S/C18H21N5O3/c1-11-14(12(2)22-23-10-19-21-18(11)23)6-8-17(24)20-15-7-5-13(25-3)9-16(15)26-4/h5,7,9-10H,6,8H2,1-4H3,(H,20,24). The molecule has 0 aliphatic rings. The summed E-state index contributed by atoms with van der Waals surface area (Å²) in [5.74, 6) is 1.11. The van der Waals surface area contributed by atoms with Crippen LogP contribution in [0.15, 0.2) is 24.5 Å². The molecule has 0 atom stereocenters. The number of benzene rings is 1. The Balaban J connectivity index is 1.72. The minimum absolute atomic E-state index is 0.103. The quantitative estimate of drug-likeness (QED) is 0.730. The van der Waals surface area contributed by atoms with Gasteiger partial charge in [0.1, 0.15) is 17.8 Å². The van der Waals surface area contributed by atoms with Crippen LogP contribution >= 0.6 is 0 Å². The fourth-order valence-electron chi connectivity index (χ4n) is 2.90. The topological polar surface area (TPSA) is 90.6 Å². The molecule has 0 saturated heterocycles. The van der Waals surface area contributed by atoms with Crippen LogP contribution in [0.4, 0.5) is 5.69 Å². The van der Waals surface area contributed by atoms with E-state index in [-0.39, 0.29) is 5.91 Å². The summed E-state index contributed by atoms with van der Waals surface area (Å²) in [5.41, 5.74) is 4.19. The lowest BCUT2D eigenvalue weighted by Crippen LogP contribution is -2.14. The summed E-state index contributed by atoms with van der Waals surface area (Å²) in [4.78, 5) is 12.4. The highest BCUT2D eigenvalue weighted by Gasteiger charge is 2.14. The molecule has 3 aromatic rings.